The summed E-state index contributed by atoms with van der Waals surface area (Å²) in [5, 5.41) is 0. The van der Waals surface area contributed by atoms with Gasteiger partial charge in [-0.1, -0.05) is 6.92 Å². The first-order valence-electron chi connectivity index (χ1n) is 4.64. The standard InChI is InChI=1S/C9H21NO2/c1-4-10(6-8-11-3)7-9-12-5-2/h4-9H2,1-3H3. The van der Waals surface area contributed by atoms with Crippen molar-refractivity contribution in [2.75, 3.05) is 46.6 Å². The van der Waals surface area contributed by atoms with Crippen molar-refractivity contribution in [1.82, 2.24) is 4.90 Å². The molecule has 0 bridgehead atoms. The fraction of sp³-hybridized carbons (Fsp3) is 1.00. The Bertz CT molecular complexity index is 88.6. The molecule has 0 heterocycles. The van der Waals surface area contributed by atoms with Crippen LogP contribution in [0.2, 0.25) is 0 Å². The Balaban J connectivity index is 3.26. The van der Waals surface area contributed by atoms with Crippen molar-refractivity contribution in [3.05, 3.63) is 0 Å². The lowest BCUT2D eigenvalue weighted by Crippen LogP contribution is -2.30. The number of nitrogens with zero attached hydrogens (tertiary/aromatic N) is 1. The van der Waals surface area contributed by atoms with E-state index in [0.29, 0.717) is 0 Å². The minimum Gasteiger partial charge on any atom is -0.383 e. The first-order valence-corrected chi connectivity index (χ1v) is 4.64. The Kier molecular flexibility index (Phi) is 8.88. The molecule has 0 fully saturated rings. The molecule has 0 spiro atoms. The monoisotopic (exact) mass is 175 g/mol. The van der Waals surface area contributed by atoms with Crippen LogP contribution in [0, 0.1) is 0 Å². The van der Waals surface area contributed by atoms with E-state index in [9.17, 15) is 0 Å². The summed E-state index contributed by atoms with van der Waals surface area (Å²) >= 11 is 0. The van der Waals surface area contributed by atoms with Crippen LogP contribution in [0.1, 0.15) is 13.8 Å². The molecule has 0 saturated heterocycles. The van der Waals surface area contributed by atoms with E-state index < -0.39 is 0 Å². The third-order valence-corrected chi connectivity index (χ3v) is 1.81. The molecular weight excluding hydrogens is 154 g/mol. The van der Waals surface area contributed by atoms with Crippen LogP contribution in [-0.2, 0) is 9.47 Å². The second-order valence-electron chi connectivity index (χ2n) is 2.62. The lowest BCUT2D eigenvalue weighted by Gasteiger charge is -2.19. The highest BCUT2D eigenvalue weighted by molar-refractivity contribution is 4.53. The Labute approximate surface area is 75.6 Å². The molecule has 0 aliphatic heterocycles. The minimum absolute atomic E-state index is 0.806. The van der Waals surface area contributed by atoms with Crippen molar-refractivity contribution in [2.45, 2.75) is 13.8 Å². The van der Waals surface area contributed by atoms with Crippen LogP contribution >= 0.6 is 0 Å². The summed E-state index contributed by atoms with van der Waals surface area (Å²) < 4.78 is 10.3. The van der Waals surface area contributed by atoms with Crippen molar-refractivity contribution in [2.24, 2.45) is 0 Å². The van der Waals surface area contributed by atoms with Gasteiger partial charge in [0, 0.05) is 26.8 Å². The summed E-state index contributed by atoms with van der Waals surface area (Å²) in [4.78, 5) is 2.32. The number of likely N-dealkylation sites (N-methyl/N-ethyl adjacent to an activating group) is 1. The van der Waals surface area contributed by atoms with Gasteiger partial charge in [0.1, 0.15) is 0 Å². The molecule has 3 heteroatoms. The SMILES string of the molecule is CCOCCN(CC)CCOC. The molecule has 12 heavy (non-hydrogen) atoms. The third kappa shape index (κ3) is 6.58. The Hall–Kier alpha value is -0.120. The number of hydrogen-bond acceptors (Lipinski definition) is 3. The van der Waals surface area contributed by atoms with E-state index >= 15 is 0 Å². The van der Waals surface area contributed by atoms with Gasteiger partial charge in [0.15, 0.2) is 0 Å². The first kappa shape index (κ1) is 11.9. The topological polar surface area (TPSA) is 21.7 Å². The molecule has 0 rings (SSSR count). The van der Waals surface area contributed by atoms with Crippen molar-refractivity contribution in [1.29, 1.82) is 0 Å². The van der Waals surface area contributed by atoms with Crippen LogP contribution < -0.4 is 0 Å². The minimum atomic E-state index is 0.806. The zero-order valence-electron chi connectivity index (χ0n) is 8.51. The Morgan fingerprint density at radius 1 is 1.08 bits per heavy atom. The molecule has 0 saturated carbocycles. The van der Waals surface area contributed by atoms with Crippen molar-refractivity contribution in [3.63, 3.8) is 0 Å². The second-order valence-corrected chi connectivity index (χ2v) is 2.62. The second kappa shape index (κ2) is 8.97. The number of rotatable bonds is 8. The fourth-order valence-corrected chi connectivity index (χ4v) is 0.986. The summed E-state index contributed by atoms with van der Waals surface area (Å²) in [5.41, 5.74) is 0. The molecule has 0 amide bonds. The van der Waals surface area contributed by atoms with Gasteiger partial charge in [-0.05, 0) is 13.5 Å². The highest BCUT2D eigenvalue weighted by atomic mass is 16.5. The average molecular weight is 175 g/mol. The molecule has 0 radical (unpaired) electrons. The molecule has 0 atom stereocenters. The van der Waals surface area contributed by atoms with Crippen molar-refractivity contribution >= 4 is 0 Å². The van der Waals surface area contributed by atoms with Gasteiger partial charge in [-0.25, -0.2) is 0 Å². The van der Waals surface area contributed by atoms with Gasteiger partial charge in [-0.2, -0.15) is 0 Å². The van der Waals surface area contributed by atoms with E-state index in [1.165, 1.54) is 0 Å². The largest absolute Gasteiger partial charge is 0.383 e. The molecule has 0 aliphatic carbocycles. The molecule has 0 aromatic rings. The lowest BCUT2D eigenvalue weighted by atomic mass is 10.5. The Morgan fingerprint density at radius 3 is 2.25 bits per heavy atom. The predicted octanol–water partition coefficient (Wildman–Crippen LogP) is 0.991. The van der Waals surface area contributed by atoms with Crippen LogP contribution in [0.25, 0.3) is 0 Å². The molecule has 0 aliphatic rings. The van der Waals surface area contributed by atoms with E-state index in [-0.39, 0.29) is 0 Å². The van der Waals surface area contributed by atoms with E-state index in [1.807, 2.05) is 6.92 Å². The highest BCUT2D eigenvalue weighted by Crippen LogP contribution is 1.87. The summed E-state index contributed by atoms with van der Waals surface area (Å²) in [6.45, 7) is 9.69. The maximum atomic E-state index is 5.26. The molecule has 0 N–H and O–H groups in total. The van der Waals surface area contributed by atoms with Crippen LogP contribution in [0.5, 0.6) is 0 Å². The van der Waals surface area contributed by atoms with Gasteiger partial charge in [0.25, 0.3) is 0 Å². The Morgan fingerprint density at radius 2 is 1.75 bits per heavy atom. The predicted molar refractivity (Wildman–Crippen MR) is 50.5 cm³/mol. The van der Waals surface area contributed by atoms with Gasteiger partial charge >= 0.3 is 0 Å². The molecule has 0 aromatic carbocycles. The molecular formula is C9H21NO2. The summed E-state index contributed by atoms with van der Waals surface area (Å²) in [6.07, 6.45) is 0. The maximum Gasteiger partial charge on any atom is 0.0593 e. The third-order valence-electron chi connectivity index (χ3n) is 1.81. The average Bonchev–Trinajstić information content (AvgIpc) is 2.11. The molecule has 0 aromatic heterocycles. The maximum absolute atomic E-state index is 5.26. The summed E-state index contributed by atoms with van der Waals surface area (Å²) in [6, 6.07) is 0. The van der Waals surface area contributed by atoms with Gasteiger partial charge in [-0.3, -0.25) is 4.90 Å². The van der Waals surface area contributed by atoms with Crippen molar-refractivity contribution in [3.8, 4) is 0 Å². The fourth-order valence-electron chi connectivity index (χ4n) is 0.986. The molecule has 3 nitrogen and oxygen atoms in total. The zero-order chi connectivity index (χ0) is 9.23. The normalized spacial score (nSPS) is 11.0. The first-order chi connectivity index (χ1) is 5.85. The van der Waals surface area contributed by atoms with Gasteiger partial charge in [0.2, 0.25) is 0 Å². The van der Waals surface area contributed by atoms with E-state index in [0.717, 1.165) is 39.5 Å². The number of ether oxygens (including phenoxy) is 2. The van der Waals surface area contributed by atoms with E-state index in [2.05, 4.69) is 11.8 Å². The van der Waals surface area contributed by atoms with Crippen LogP contribution in [0.3, 0.4) is 0 Å². The van der Waals surface area contributed by atoms with Crippen LogP contribution in [0.4, 0.5) is 0 Å². The van der Waals surface area contributed by atoms with Crippen LogP contribution in [0.15, 0.2) is 0 Å². The van der Waals surface area contributed by atoms with Gasteiger partial charge in [0.05, 0.1) is 13.2 Å². The summed E-state index contributed by atoms with van der Waals surface area (Å²) in [5.74, 6) is 0. The number of methoxy groups -OCH3 is 1. The quantitative estimate of drug-likeness (QED) is 0.514. The molecule has 74 valence electrons. The van der Waals surface area contributed by atoms with Gasteiger partial charge < -0.3 is 9.47 Å². The van der Waals surface area contributed by atoms with Gasteiger partial charge in [-0.15, -0.1) is 0 Å². The lowest BCUT2D eigenvalue weighted by molar-refractivity contribution is 0.0972. The smallest absolute Gasteiger partial charge is 0.0593 e. The van der Waals surface area contributed by atoms with E-state index in [4.69, 9.17) is 9.47 Å². The van der Waals surface area contributed by atoms with Crippen LogP contribution in [-0.4, -0.2) is 51.5 Å². The van der Waals surface area contributed by atoms with Crippen molar-refractivity contribution < 1.29 is 9.47 Å². The number of hydrogen-bond donors (Lipinski definition) is 0. The highest BCUT2D eigenvalue weighted by Gasteiger charge is 1.99. The summed E-state index contributed by atoms with van der Waals surface area (Å²) in [7, 11) is 1.73. The zero-order valence-corrected chi connectivity index (χ0v) is 8.51. The molecule has 0 unspecified atom stereocenters. The van der Waals surface area contributed by atoms with E-state index in [1.54, 1.807) is 7.11 Å².